The molecule has 0 amide bonds. The Morgan fingerprint density at radius 2 is 2.11 bits per heavy atom. The highest BCUT2D eigenvalue weighted by Crippen LogP contribution is 2.27. The summed E-state index contributed by atoms with van der Waals surface area (Å²) in [6.07, 6.45) is -3.79. The highest BCUT2D eigenvalue weighted by atomic mass is 19.4. The molecule has 3 nitrogen and oxygen atoms in total. The predicted molar refractivity (Wildman–Crippen MR) is 62.8 cm³/mol. The van der Waals surface area contributed by atoms with E-state index in [1.807, 2.05) is 13.0 Å². The molecule has 0 aliphatic heterocycles. The van der Waals surface area contributed by atoms with Crippen LogP contribution in [0.4, 0.5) is 13.2 Å². The molecule has 0 saturated heterocycles. The number of hydrogen-bond acceptors (Lipinski definition) is 2. The van der Waals surface area contributed by atoms with Gasteiger partial charge >= 0.3 is 6.18 Å². The molecule has 1 rings (SSSR count). The molecule has 100 valence electrons. The number of alkyl halides is 3. The van der Waals surface area contributed by atoms with Crippen LogP contribution in [-0.2, 0) is 6.42 Å². The molecular formula is C12H15F3N2O. The monoisotopic (exact) mass is 260 g/mol. The third-order valence-electron chi connectivity index (χ3n) is 2.49. The fraction of sp³-hybridized carbons (Fsp3) is 0.417. The fourth-order valence-electron chi connectivity index (χ4n) is 1.40. The largest absolute Gasteiger partial charge is 0.492 e. The van der Waals surface area contributed by atoms with E-state index in [9.17, 15) is 13.2 Å². The van der Waals surface area contributed by atoms with Gasteiger partial charge in [0.2, 0.25) is 0 Å². The zero-order valence-corrected chi connectivity index (χ0v) is 9.92. The van der Waals surface area contributed by atoms with Crippen LogP contribution in [0.5, 0.6) is 5.75 Å². The van der Waals surface area contributed by atoms with E-state index in [-0.39, 0.29) is 0 Å². The summed E-state index contributed by atoms with van der Waals surface area (Å²) in [6.45, 7) is 1.26. The maximum atomic E-state index is 12.5. The van der Waals surface area contributed by atoms with Gasteiger partial charge in [-0.1, -0.05) is 19.1 Å². The number of amidine groups is 1. The van der Waals surface area contributed by atoms with E-state index in [0.717, 1.165) is 12.0 Å². The Balaban J connectivity index is 2.70. The van der Waals surface area contributed by atoms with E-state index in [2.05, 4.69) is 0 Å². The lowest BCUT2D eigenvalue weighted by Gasteiger charge is -2.19. The van der Waals surface area contributed by atoms with Crippen molar-refractivity contribution in [1.82, 2.24) is 0 Å². The molecule has 0 aromatic heterocycles. The molecule has 0 fully saturated rings. The van der Waals surface area contributed by atoms with Gasteiger partial charge in [-0.3, -0.25) is 5.41 Å². The Hall–Kier alpha value is -1.72. The zero-order valence-electron chi connectivity index (χ0n) is 9.92. The molecule has 1 aromatic rings. The van der Waals surface area contributed by atoms with Gasteiger partial charge in [-0.25, -0.2) is 0 Å². The summed E-state index contributed by atoms with van der Waals surface area (Å²) in [4.78, 5) is 0. The van der Waals surface area contributed by atoms with Crippen LogP contribution in [0.15, 0.2) is 24.3 Å². The topological polar surface area (TPSA) is 59.1 Å². The maximum absolute atomic E-state index is 12.5. The van der Waals surface area contributed by atoms with Gasteiger partial charge in [0.15, 0.2) is 0 Å². The first-order valence-corrected chi connectivity index (χ1v) is 5.47. The Bertz CT molecular complexity index is 418. The third-order valence-corrected chi connectivity index (χ3v) is 2.49. The van der Waals surface area contributed by atoms with Crippen molar-refractivity contribution in [2.24, 2.45) is 11.7 Å². The molecule has 0 radical (unpaired) electrons. The van der Waals surface area contributed by atoms with Crippen LogP contribution in [0.1, 0.15) is 12.5 Å². The van der Waals surface area contributed by atoms with Crippen molar-refractivity contribution in [1.29, 1.82) is 5.41 Å². The number of hydrogen-bond donors (Lipinski definition) is 2. The Kier molecular flexibility index (Phi) is 4.58. The van der Waals surface area contributed by atoms with Gasteiger partial charge in [-0.05, 0) is 24.1 Å². The minimum atomic E-state index is -4.56. The number of benzene rings is 1. The summed E-state index contributed by atoms with van der Waals surface area (Å²) in [5.41, 5.74) is 5.90. The lowest BCUT2D eigenvalue weighted by atomic mass is 10.1. The van der Waals surface area contributed by atoms with Crippen molar-refractivity contribution < 1.29 is 17.9 Å². The summed E-state index contributed by atoms with van der Waals surface area (Å²) in [7, 11) is 0. The third kappa shape index (κ3) is 3.94. The van der Waals surface area contributed by atoms with E-state index in [1.165, 1.54) is 0 Å². The Morgan fingerprint density at radius 3 is 2.61 bits per heavy atom. The molecular weight excluding hydrogens is 245 g/mol. The summed E-state index contributed by atoms with van der Waals surface area (Å²) >= 11 is 0. The Morgan fingerprint density at radius 1 is 1.44 bits per heavy atom. The van der Waals surface area contributed by atoms with Gasteiger partial charge in [0, 0.05) is 0 Å². The number of rotatable bonds is 5. The molecule has 0 heterocycles. The summed E-state index contributed by atoms with van der Waals surface area (Å²) in [6, 6.07) is 6.82. The smallest absolute Gasteiger partial charge is 0.401 e. The first-order valence-electron chi connectivity index (χ1n) is 5.47. The molecule has 0 aliphatic carbocycles. The molecule has 0 spiro atoms. The highest BCUT2D eigenvalue weighted by Gasteiger charge is 2.42. The predicted octanol–water partition coefficient (Wildman–Crippen LogP) is 2.74. The van der Waals surface area contributed by atoms with Crippen molar-refractivity contribution in [3.05, 3.63) is 29.8 Å². The second-order valence-electron chi connectivity index (χ2n) is 3.86. The average Bonchev–Trinajstić information content (AvgIpc) is 2.27. The van der Waals surface area contributed by atoms with Crippen molar-refractivity contribution in [2.45, 2.75) is 19.5 Å². The second-order valence-corrected chi connectivity index (χ2v) is 3.86. The molecule has 1 unspecified atom stereocenters. The SMILES string of the molecule is CCc1cccc(OCC(C(=N)N)C(F)(F)F)c1. The van der Waals surface area contributed by atoms with Crippen LogP contribution in [0.2, 0.25) is 0 Å². The first-order chi connectivity index (χ1) is 8.34. The first kappa shape index (κ1) is 14.3. The molecule has 18 heavy (non-hydrogen) atoms. The van der Waals surface area contributed by atoms with Gasteiger partial charge < -0.3 is 10.5 Å². The zero-order chi connectivity index (χ0) is 13.8. The van der Waals surface area contributed by atoms with E-state index >= 15 is 0 Å². The van der Waals surface area contributed by atoms with E-state index in [1.54, 1.807) is 18.2 Å². The van der Waals surface area contributed by atoms with Gasteiger partial charge in [0.25, 0.3) is 0 Å². The quantitative estimate of drug-likeness (QED) is 0.631. The molecule has 1 atom stereocenters. The van der Waals surface area contributed by atoms with E-state index < -0.39 is 24.5 Å². The van der Waals surface area contributed by atoms with Crippen LogP contribution in [-0.4, -0.2) is 18.6 Å². The van der Waals surface area contributed by atoms with Gasteiger partial charge in [0.05, 0.1) is 0 Å². The molecule has 0 aliphatic rings. The van der Waals surface area contributed by atoms with Crippen molar-refractivity contribution >= 4 is 5.84 Å². The Labute approximate surface area is 103 Å². The molecule has 3 N–H and O–H groups in total. The molecule has 0 bridgehead atoms. The van der Waals surface area contributed by atoms with Gasteiger partial charge in [-0.2, -0.15) is 13.2 Å². The fourth-order valence-corrected chi connectivity index (χ4v) is 1.40. The van der Waals surface area contributed by atoms with Crippen LogP contribution in [0.25, 0.3) is 0 Å². The molecule has 6 heteroatoms. The van der Waals surface area contributed by atoms with Crippen molar-refractivity contribution in [3.63, 3.8) is 0 Å². The summed E-state index contributed by atoms with van der Waals surface area (Å²) < 4.78 is 42.6. The van der Waals surface area contributed by atoms with Gasteiger partial charge in [0.1, 0.15) is 24.1 Å². The highest BCUT2D eigenvalue weighted by molar-refractivity contribution is 5.80. The standard InChI is InChI=1S/C12H15F3N2O/c1-2-8-4-3-5-9(6-8)18-7-10(11(16)17)12(13,14)15/h3-6,10H,2,7H2,1H3,(H3,16,17). The lowest BCUT2D eigenvalue weighted by molar-refractivity contribution is -0.162. The van der Waals surface area contributed by atoms with E-state index in [0.29, 0.717) is 5.75 Å². The summed E-state index contributed by atoms with van der Waals surface area (Å²) in [5.74, 6) is -2.65. The molecule has 0 saturated carbocycles. The minimum Gasteiger partial charge on any atom is -0.492 e. The second kappa shape index (κ2) is 5.75. The number of nitrogens with one attached hydrogen (secondary N) is 1. The average molecular weight is 260 g/mol. The van der Waals surface area contributed by atoms with Gasteiger partial charge in [-0.15, -0.1) is 0 Å². The number of aryl methyl sites for hydroxylation is 1. The summed E-state index contributed by atoms with van der Waals surface area (Å²) in [5, 5.41) is 6.93. The maximum Gasteiger partial charge on any atom is 0.401 e. The van der Waals surface area contributed by atoms with E-state index in [4.69, 9.17) is 15.9 Å². The normalized spacial score (nSPS) is 13.1. The van der Waals surface area contributed by atoms with Crippen molar-refractivity contribution in [3.8, 4) is 5.75 Å². The number of ether oxygens (including phenoxy) is 1. The number of nitrogens with two attached hydrogens (primary N) is 1. The van der Waals surface area contributed by atoms with Crippen LogP contribution < -0.4 is 10.5 Å². The van der Waals surface area contributed by atoms with Crippen LogP contribution in [0, 0.1) is 11.3 Å². The number of halogens is 3. The molecule has 1 aromatic carbocycles. The van der Waals surface area contributed by atoms with Crippen molar-refractivity contribution in [2.75, 3.05) is 6.61 Å². The lowest BCUT2D eigenvalue weighted by Crippen LogP contribution is -2.39. The van der Waals surface area contributed by atoms with Crippen LogP contribution in [0.3, 0.4) is 0 Å². The van der Waals surface area contributed by atoms with Crippen LogP contribution >= 0.6 is 0 Å². The minimum absolute atomic E-state index is 0.352.